The van der Waals surface area contributed by atoms with Crippen molar-refractivity contribution in [1.29, 1.82) is 0 Å². The van der Waals surface area contributed by atoms with Gasteiger partial charge >= 0.3 is 16.3 Å². The molecule has 2 aromatic rings. The Morgan fingerprint density at radius 2 is 1.97 bits per heavy atom. The molecule has 172 valence electrons. The van der Waals surface area contributed by atoms with E-state index >= 15 is 0 Å². The molecule has 1 aromatic heterocycles. The second-order valence-corrected chi connectivity index (χ2v) is 10.7. The van der Waals surface area contributed by atoms with Crippen LogP contribution in [0.5, 0.6) is 0 Å². The van der Waals surface area contributed by atoms with Gasteiger partial charge in [-0.15, -0.1) is 0 Å². The van der Waals surface area contributed by atoms with Crippen molar-refractivity contribution in [2.45, 2.75) is 32.8 Å². The molecule has 1 fully saturated rings. The molecule has 1 aliphatic heterocycles. The van der Waals surface area contributed by atoms with Gasteiger partial charge in [0.1, 0.15) is 6.10 Å². The van der Waals surface area contributed by atoms with Crippen molar-refractivity contribution in [3.05, 3.63) is 36.0 Å². The molecule has 1 aliphatic rings. The predicted molar refractivity (Wildman–Crippen MR) is 120 cm³/mol. The normalized spacial score (nSPS) is 18.2. The summed E-state index contributed by atoms with van der Waals surface area (Å²) >= 11 is 0. The van der Waals surface area contributed by atoms with Crippen LogP contribution in [0.15, 0.2) is 30.5 Å². The largest absolute Gasteiger partial charge is 0.460 e. The number of rotatable bonds is 9. The van der Waals surface area contributed by atoms with Crippen LogP contribution < -0.4 is 0 Å². The fourth-order valence-electron chi connectivity index (χ4n) is 3.59. The van der Waals surface area contributed by atoms with E-state index in [0.717, 1.165) is 30.5 Å². The topological polar surface area (TPSA) is 81.1 Å². The van der Waals surface area contributed by atoms with Gasteiger partial charge in [0.25, 0.3) is 0 Å². The highest BCUT2D eigenvalue weighted by atomic mass is 32.2. The van der Waals surface area contributed by atoms with Gasteiger partial charge in [0.15, 0.2) is 0 Å². The SMILES string of the molecule is CN(C)CCc1cn(S(=O)(=O)OCC(C)(C)C(=O)OC2CCN(C)C2)c2ccccc12. The van der Waals surface area contributed by atoms with Crippen molar-refractivity contribution in [1.82, 2.24) is 13.8 Å². The minimum absolute atomic E-state index is 0.166. The minimum atomic E-state index is -4.12. The summed E-state index contributed by atoms with van der Waals surface area (Å²) < 4.78 is 38.1. The number of para-hydroxylation sites is 1. The summed E-state index contributed by atoms with van der Waals surface area (Å²) in [7, 11) is 1.81. The Bertz CT molecular complexity index is 1030. The maximum atomic E-state index is 13.0. The van der Waals surface area contributed by atoms with E-state index in [2.05, 4.69) is 4.90 Å². The zero-order valence-corrected chi connectivity index (χ0v) is 19.8. The van der Waals surface area contributed by atoms with Crippen LogP contribution in [-0.2, 0) is 30.4 Å². The van der Waals surface area contributed by atoms with Gasteiger partial charge in [-0.3, -0.25) is 8.98 Å². The van der Waals surface area contributed by atoms with E-state index in [-0.39, 0.29) is 12.7 Å². The number of ether oxygens (including phenoxy) is 1. The van der Waals surface area contributed by atoms with Crippen LogP contribution in [0.25, 0.3) is 10.9 Å². The molecule has 2 heterocycles. The van der Waals surface area contributed by atoms with Crippen molar-refractivity contribution in [2.75, 3.05) is 47.4 Å². The summed E-state index contributed by atoms with van der Waals surface area (Å²) in [5, 5.41) is 0.876. The van der Waals surface area contributed by atoms with E-state index in [9.17, 15) is 13.2 Å². The van der Waals surface area contributed by atoms with Gasteiger partial charge in [0.05, 0.1) is 17.5 Å². The van der Waals surface area contributed by atoms with Crippen LogP contribution in [0.2, 0.25) is 0 Å². The third-order valence-electron chi connectivity index (χ3n) is 5.57. The molecule has 0 radical (unpaired) electrons. The first-order valence-electron chi connectivity index (χ1n) is 10.5. The van der Waals surface area contributed by atoms with Gasteiger partial charge in [0, 0.05) is 31.2 Å². The Morgan fingerprint density at radius 3 is 2.61 bits per heavy atom. The number of esters is 1. The molecule has 0 saturated carbocycles. The van der Waals surface area contributed by atoms with Crippen LogP contribution in [0.4, 0.5) is 0 Å². The highest BCUT2D eigenvalue weighted by Gasteiger charge is 2.35. The van der Waals surface area contributed by atoms with E-state index in [1.54, 1.807) is 32.2 Å². The first kappa shape index (κ1) is 23.7. The molecule has 1 aromatic carbocycles. The summed E-state index contributed by atoms with van der Waals surface area (Å²) in [4.78, 5) is 16.8. The average Bonchev–Trinajstić information content (AvgIpc) is 3.28. The summed E-state index contributed by atoms with van der Waals surface area (Å²) in [6.45, 7) is 5.34. The molecule has 0 N–H and O–H groups in total. The number of fused-ring (bicyclic) bond motifs is 1. The van der Waals surface area contributed by atoms with E-state index in [1.165, 1.54) is 3.97 Å². The molecule has 1 unspecified atom stereocenters. The zero-order chi connectivity index (χ0) is 22.8. The number of likely N-dealkylation sites (N-methyl/N-ethyl adjacent to an activating group) is 2. The van der Waals surface area contributed by atoms with E-state index in [1.807, 2.05) is 38.2 Å². The van der Waals surface area contributed by atoms with Crippen LogP contribution in [0, 0.1) is 5.41 Å². The van der Waals surface area contributed by atoms with Crippen molar-refractivity contribution >= 4 is 27.2 Å². The second-order valence-electron chi connectivity index (χ2n) is 9.20. The van der Waals surface area contributed by atoms with Crippen LogP contribution in [0.1, 0.15) is 25.8 Å². The smallest absolute Gasteiger partial charge is 0.366 e. The van der Waals surface area contributed by atoms with Gasteiger partial charge in [-0.2, -0.15) is 8.42 Å². The molecule has 31 heavy (non-hydrogen) atoms. The number of benzene rings is 1. The highest BCUT2D eigenvalue weighted by molar-refractivity contribution is 7.85. The molecule has 0 spiro atoms. The number of aromatic nitrogens is 1. The number of hydrogen-bond donors (Lipinski definition) is 0. The number of carbonyl (C=O) groups is 1. The second kappa shape index (κ2) is 9.28. The van der Waals surface area contributed by atoms with Gasteiger partial charge in [-0.05, 0) is 59.5 Å². The lowest BCUT2D eigenvalue weighted by Crippen LogP contribution is -2.36. The lowest BCUT2D eigenvalue weighted by Gasteiger charge is -2.24. The molecule has 1 atom stereocenters. The van der Waals surface area contributed by atoms with Gasteiger partial charge in [-0.1, -0.05) is 18.2 Å². The minimum Gasteiger partial charge on any atom is -0.460 e. The highest BCUT2D eigenvalue weighted by Crippen LogP contribution is 2.26. The fraction of sp³-hybridized carbons (Fsp3) is 0.591. The molecule has 9 heteroatoms. The number of nitrogens with zero attached hydrogens (tertiary/aromatic N) is 3. The third-order valence-corrected chi connectivity index (χ3v) is 6.77. The molecule has 0 aliphatic carbocycles. The number of carbonyl (C=O) groups excluding carboxylic acids is 1. The predicted octanol–water partition coefficient (Wildman–Crippen LogP) is 2.13. The molecule has 3 rings (SSSR count). The maximum Gasteiger partial charge on any atom is 0.366 e. The molecule has 1 saturated heterocycles. The van der Waals surface area contributed by atoms with Crippen LogP contribution in [0.3, 0.4) is 0 Å². The number of likely N-dealkylation sites (tertiary alicyclic amines) is 1. The monoisotopic (exact) mass is 451 g/mol. The molecule has 8 nitrogen and oxygen atoms in total. The van der Waals surface area contributed by atoms with Crippen molar-refractivity contribution in [3.8, 4) is 0 Å². The Kier molecular flexibility index (Phi) is 7.10. The van der Waals surface area contributed by atoms with Crippen molar-refractivity contribution in [2.24, 2.45) is 5.41 Å². The Balaban J connectivity index is 1.74. The molecular formula is C22H33N3O5S. The zero-order valence-electron chi connectivity index (χ0n) is 19.0. The molecule has 0 bridgehead atoms. The van der Waals surface area contributed by atoms with Crippen LogP contribution in [-0.4, -0.2) is 81.6 Å². The van der Waals surface area contributed by atoms with E-state index < -0.39 is 21.7 Å². The molecule has 0 amide bonds. The van der Waals surface area contributed by atoms with Gasteiger partial charge < -0.3 is 14.5 Å². The number of hydrogen-bond acceptors (Lipinski definition) is 7. The summed E-state index contributed by atoms with van der Waals surface area (Å²) in [6.07, 6.45) is 2.94. The first-order valence-corrected chi connectivity index (χ1v) is 11.9. The van der Waals surface area contributed by atoms with Gasteiger partial charge in [0.2, 0.25) is 0 Å². The standard InChI is InChI=1S/C22H33N3O5S/c1-22(2,21(26)30-18-11-13-24(5)15-18)16-29-31(27,28)25-14-17(10-12-23(3)4)19-8-6-7-9-20(19)25/h6-9,14,18H,10-13,15-16H2,1-5H3. The summed E-state index contributed by atoms with van der Waals surface area (Å²) in [6, 6.07) is 7.35. The van der Waals surface area contributed by atoms with E-state index in [0.29, 0.717) is 18.5 Å². The average molecular weight is 452 g/mol. The Labute approximate surface area is 185 Å². The lowest BCUT2D eigenvalue weighted by atomic mass is 9.95. The van der Waals surface area contributed by atoms with Crippen molar-refractivity contribution < 1.29 is 22.1 Å². The van der Waals surface area contributed by atoms with Crippen LogP contribution >= 0.6 is 0 Å². The summed E-state index contributed by atoms with van der Waals surface area (Å²) in [5.41, 5.74) is 0.399. The maximum absolute atomic E-state index is 13.0. The summed E-state index contributed by atoms with van der Waals surface area (Å²) in [5.74, 6) is -0.452. The van der Waals surface area contributed by atoms with Crippen molar-refractivity contribution in [3.63, 3.8) is 0 Å². The first-order chi connectivity index (χ1) is 14.5. The Morgan fingerprint density at radius 1 is 1.26 bits per heavy atom. The molecular weight excluding hydrogens is 418 g/mol. The lowest BCUT2D eigenvalue weighted by molar-refractivity contribution is -0.160. The third kappa shape index (κ3) is 5.65. The Hall–Kier alpha value is -1.94. The van der Waals surface area contributed by atoms with Gasteiger partial charge in [-0.25, -0.2) is 3.97 Å². The van der Waals surface area contributed by atoms with E-state index in [4.69, 9.17) is 8.92 Å². The quantitative estimate of drug-likeness (QED) is 0.540. The fourth-order valence-corrected chi connectivity index (χ4v) is 4.80.